The fourth-order valence-corrected chi connectivity index (χ4v) is 3.29. The van der Waals surface area contributed by atoms with Gasteiger partial charge in [-0.1, -0.05) is 0 Å². The Morgan fingerprint density at radius 2 is 1.81 bits per heavy atom. The van der Waals surface area contributed by atoms with Crippen LogP contribution < -0.4 is 4.90 Å². The molecule has 1 N–H and O–H groups in total. The molecule has 0 radical (unpaired) electrons. The number of H-pyrrole nitrogens is 1. The summed E-state index contributed by atoms with van der Waals surface area (Å²) in [6.45, 7) is 0. The largest absolute Gasteiger partial charge is 0.465 e. The Morgan fingerprint density at radius 1 is 1.15 bits per heavy atom. The molecule has 0 bridgehead atoms. The van der Waals surface area contributed by atoms with E-state index in [0.717, 1.165) is 22.1 Å². The predicted molar refractivity (Wildman–Crippen MR) is 100 cm³/mol. The monoisotopic (exact) mass is 387 g/mol. The van der Waals surface area contributed by atoms with Crippen LogP contribution in [-0.2, 0) is 14.6 Å². The van der Waals surface area contributed by atoms with Crippen molar-refractivity contribution >= 4 is 38.4 Å². The van der Waals surface area contributed by atoms with E-state index in [1.165, 1.54) is 31.4 Å². The van der Waals surface area contributed by atoms with Crippen LogP contribution in [0.15, 0.2) is 48.8 Å². The molecule has 1 aromatic carbocycles. The number of rotatable bonds is 5. The first-order chi connectivity index (χ1) is 12.8. The van der Waals surface area contributed by atoms with Crippen molar-refractivity contribution in [1.82, 2.24) is 9.97 Å². The van der Waals surface area contributed by atoms with Crippen LogP contribution in [0.1, 0.15) is 20.7 Å². The molecule has 2 aromatic heterocycles. The number of carbonyl (C=O) groups is 2. The van der Waals surface area contributed by atoms with Crippen molar-refractivity contribution < 1.29 is 22.7 Å². The van der Waals surface area contributed by atoms with Crippen LogP contribution in [0.25, 0.3) is 10.9 Å². The average molecular weight is 387 g/mol. The third kappa shape index (κ3) is 4.14. The van der Waals surface area contributed by atoms with Gasteiger partial charge in [0.05, 0.1) is 18.2 Å². The summed E-state index contributed by atoms with van der Waals surface area (Å²) in [7, 11) is -2.25. The van der Waals surface area contributed by atoms with Gasteiger partial charge >= 0.3 is 5.97 Å². The highest BCUT2D eigenvalue weighted by molar-refractivity contribution is 7.90. The van der Waals surface area contributed by atoms with Crippen LogP contribution in [0.2, 0.25) is 0 Å². The molecule has 27 heavy (non-hydrogen) atoms. The van der Waals surface area contributed by atoms with Crippen molar-refractivity contribution in [3.63, 3.8) is 0 Å². The molecular formula is C18H17N3O5S. The highest BCUT2D eigenvalue weighted by atomic mass is 32.2. The van der Waals surface area contributed by atoms with Gasteiger partial charge in [0.2, 0.25) is 0 Å². The van der Waals surface area contributed by atoms with E-state index in [4.69, 9.17) is 0 Å². The van der Waals surface area contributed by atoms with Gasteiger partial charge in [-0.25, -0.2) is 18.2 Å². The SMILES string of the molecule is COC(=O)c1ccc(C(=O)N(CS(C)(=O)=O)c2cc3[nH]ccc3cn2)cc1. The molecule has 1 amide bonds. The number of hydrogen-bond acceptors (Lipinski definition) is 6. The van der Waals surface area contributed by atoms with Gasteiger partial charge in [0.15, 0.2) is 9.84 Å². The number of fused-ring (bicyclic) bond motifs is 1. The Morgan fingerprint density at radius 3 is 2.44 bits per heavy atom. The first-order valence-electron chi connectivity index (χ1n) is 7.89. The van der Waals surface area contributed by atoms with E-state index >= 15 is 0 Å². The number of anilines is 1. The second-order valence-electron chi connectivity index (χ2n) is 5.96. The second kappa shape index (κ2) is 7.20. The maximum Gasteiger partial charge on any atom is 0.337 e. The Hall–Kier alpha value is -3.20. The summed E-state index contributed by atoms with van der Waals surface area (Å²) in [6, 6.07) is 9.20. The topological polar surface area (TPSA) is 109 Å². The minimum absolute atomic E-state index is 0.206. The summed E-state index contributed by atoms with van der Waals surface area (Å²) in [5, 5.41) is 0.841. The maximum absolute atomic E-state index is 12.9. The lowest BCUT2D eigenvalue weighted by Gasteiger charge is -2.21. The number of ether oxygens (including phenoxy) is 1. The zero-order valence-electron chi connectivity index (χ0n) is 14.7. The number of carbonyl (C=O) groups excluding carboxylic acids is 2. The third-order valence-corrected chi connectivity index (χ3v) is 4.59. The molecule has 9 heteroatoms. The van der Waals surface area contributed by atoms with Gasteiger partial charge in [0.1, 0.15) is 11.7 Å². The Labute approximate surface area is 155 Å². The number of aromatic amines is 1. The van der Waals surface area contributed by atoms with Gasteiger partial charge in [-0.3, -0.25) is 9.69 Å². The van der Waals surface area contributed by atoms with Crippen LogP contribution in [0.3, 0.4) is 0 Å². The summed E-state index contributed by atoms with van der Waals surface area (Å²) in [5.41, 5.74) is 1.24. The van der Waals surface area contributed by atoms with E-state index in [1.807, 2.05) is 6.07 Å². The molecular weight excluding hydrogens is 370 g/mol. The minimum atomic E-state index is -3.51. The molecule has 3 aromatic rings. The van der Waals surface area contributed by atoms with E-state index < -0.39 is 27.6 Å². The molecule has 0 aliphatic carbocycles. The van der Waals surface area contributed by atoms with Crippen molar-refractivity contribution in [3.05, 3.63) is 59.9 Å². The first-order valence-corrected chi connectivity index (χ1v) is 9.95. The summed E-state index contributed by atoms with van der Waals surface area (Å²) in [6.07, 6.45) is 4.33. The predicted octanol–water partition coefficient (Wildman–Crippen LogP) is 2.00. The summed E-state index contributed by atoms with van der Waals surface area (Å²) in [5.74, 6) is -1.39. The third-order valence-electron chi connectivity index (χ3n) is 3.86. The summed E-state index contributed by atoms with van der Waals surface area (Å²) >= 11 is 0. The molecule has 0 saturated carbocycles. The molecule has 0 atom stereocenters. The molecule has 0 saturated heterocycles. The lowest BCUT2D eigenvalue weighted by atomic mass is 10.1. The second-order valence-corrected chi connectivity index (χ2v) is 8.07. The average Bonchev–Trinajstić information content (AvgIpc) is 3.12. The normalized spacial score (nSPS) is 11.3. The first kappa shape index (κ1) is 18.6. The van der Waals surface area contributed by atoms with E-state index in [0.29, 0.717) is 0 Å². The summed E-state index contributed by atoms with van der Waals surface area (Å²) < 4.78 is 28.3. The fraction of sp³-hybridized carbons (Fsp3) is 0.167. The van der Waals surface area contributed by atoms with Crippen molar-refractivity contribution in [2.45, 2.75) is 0 Å². The van der Waals surface area contributed by atoms with Gasteiger partial charge in [0.25, 0.3) is 5.91 Å². The lowest BCUT2D eigenvalue weighted by molar-refractivity contribution is 0.0600. The van der Waals surface area contributed by atoms with Gasteiger partial charge in [0, 0.05) is 35.7 Å². The number of sulfone groups is 1. The van der Waals surface area contributed by atoms with E-state index in [2.05, 4.69) is 14.7 Å². The Bertz CT molecular complexity index is 1100. The summed E-state index contributed by atoms with van der Waals surface area (Å²) in [4.78, 5) is 32.8. The number of nitrogens with one attached hydrogen (secondary N) is 1. The molecule has 0 aliphatic heterocycles. The molecule has 0 unspecified atom stereocenters. The number of methoxy groups -OCH3 is 1. The highest BCUT2D eigenvalue weighted by Crippen LogP contribution is 2.21. The van der Waals surface area contributed by atoms with Crippen molar-refractivity contribution in [2.75, 3.05) is 24.1 Å². The van der Waals surface area contributed by atoms with Crippen LogP contribution in [0.5, 0.6) is 0 Å². The number of pyridine rings is 1. The zero-order valence-corrected chi connectivity index (χ0v) is 15.5. The number of hydrogen-bond donors (Lipinski definition) is 1. The van der Waals surface area contributed by atoms with Crippen molar-refractivity contribution in [2.24, 2.45) is 0 Å². The van der Waals surface area contributed by atoms with E-state index in [-0.39, 0.29) is 16.9 Å². The number of esters is 1. The van der Waals surface area contributed by atoms with Crippen LogP contribution in [0, 0.1) is 0 Å². The quantitative estimate of drug-likeness (QED) is 0.671. The lowest BCUT2D eigenvalue weighted by Crippen LogP contribution is -2.36. The van der Waals surface area contributed by atoms with Gasteiger partial charge < -0.3 is 9.72 Å². The van der Waals surface area contributed by atoms with Crippen LogP contribution >= 0.6 is 0 Å². The molecule has 2 heterocycles. The van der Waals surface area contributed by atoms with Crippen LogP contribution in [-0.4, -0.2) is 49.5 Å². The highest BCUT2D eigenvalue weighted by Gasteiger charge is 2.23. The number of benzene rings is 1. The number of nitrogens with zero attached hydrogens (tertiary/aromatic N) is 2. The number of aromatic nitrogens is 2. The molecule has 0 aliphatic rings. The minimum Gasteiger partial charge on any atom is -0.465 e. The van der Waals surface area contributed by atoms with Crippen LogP contribution in [0.4, 0.5) is 5.82 Å². The van der Waals surface area contributed by atoms with E-state index in [9.17, 15) is 18.0 Å². The molecule has 0 fully saturated rings. The molecule has 140 valence electrons. The Kier molecular flexibility index (Phi) is 4.95. The molecule has 3 rings (SSSR count). The molecule has 8 nitrogen and oxygen atoms in total. The molecule has 0 spiro atoms. The van der Waals surface area contributed by atoms with Gasteiger partial charge in [-0.15, -0.1) is 0 Å². The number of amides is 1. The fourth-order valence-electron chi connectivity index (χ4n) is 2.57. The smallest absolute Gasteiger partial charge is 0.337 e. The maximum atomic E-state index is 12.9. The van der Waals surface area contributed by atoms with E-state index in [1.54, 1.807) is 18.5 Å². The zero-order chi connectivity index (χ0) is 19.6. The van der Waals surface area contributed by atoms with Gasteiger partial charge in [-0.2, -0.15) is 0 Å². The van der Waals surface area contributed by atoms with Crippen molar-refractivity contribution in [3.8, 4) is 0 Å². The standard InChI is InChI=1S/C18H17N3O5S/c1-26-18(23)13-5-3-12(4-6-13)17(22)21(11-27(2,24)25)16-9-15-14(10-20-16)7-8-19-15/h3-10,19H,11H2,1-2H3. The Balaban J connectivity index is 1.99. The van der Waals surface area contributed by atoms with Gasteiger partial charge in [-0.05, 0) is 30.3 Å². The van der Waals surface area contributed by atoms with Crippen molar-refractivity contribution in [1.29, 1.82) is 0 Å².